The fourth-order valence-electron chi connectivity index (χ4n) is 1.42. The summed E-state index contributed by atoms with van der Waals surface area (Å²) >= 11 is 0. The Bertz CT molecular complexity index is 646. The van der Waals surface area contributed by atoms with Crippen LogP contribution in [0.5, 0.6) is 5.75 Å². The first-order chi connectivity index (χ1) is 10.00. The van der Waals surface area contributed by atoms with Crippen LogP contribution in [0.1, 0.15) is 0 Å². The van der Waals surface area contributed by atoms with Crippen LogP contribution in [0.3, 0.4) is 0 Å². The Kier molecular flexibility index (Phi) is 5.47. The Morgan fingerprint density at radius 3 is 2.45 bits per heavy atom. The molecule has 2 amide bonds. The number of methoxy groups -OCH3 is 1. The third kappa shape index (κ3) is 6.52. The molecule has 0 saturated heterocycles. The van der Waals surface area contributed by atoms with Gasteiger partial charge in [0.1, 0.15) is 12.3 Å². The molecule has 7 nitrogen and oxygen atoms in total. The van der Waals surface area contributed by atoms with Gasteiger partial charge in [-0.05, 0) is 18.2 Å². The lowest BCUT2D eigenvalue weighted by molar-refractivity contribution is -0.122. The van der Waals surface area contributed by atoms with Crippen molar-refractivity contribution in [2.24, 2.45) is 0 Å². The highest BCUT2D eigenvalue weighted by atomic mass is 32.2. The Balaban J connectivity index is 2.84. The molecule has 1 aromatic rings. The number of carbonyl (C=O) groups excluding carboxylic acids is 1. The molecular formula is C11H14F3N3O4S. The normalized spacial score (nSPS) is 11.7. The molecule has 0 spiro atoms. The van der Waals surface area contributed by atoms with Crippen LogP contribution >= 0.6 is 0 Å². The molecule has 11 heteroatoms. The zero-order chi connectivity index (χ0) is 17.0. The van der Waals surface area contributed by atoms with E-state index in [1.54, 1.807) is 5.32 Å². The number of hydrogen-bond donors (Lipinski definition) is 3. The minimum atomic E-state index is -4.53. The minimum absolute atomic E-state index is 0.0404. The van der Waals surface area contributed by atoms with Gasteiger partial charge in [0, 0.05) is 5.69 Å². The van der Waals surface area contributed by atoms with Crippen molar-refractivity contribution in [1.82, 2.24) is 5.32 Å². The molecule has 0 aromatic heterocycles. The lowest BCUT2D eigenvalue weighted by Crippen LogP contribution is -2.36. The first kappa shape index (κ1) is 17.9. The zero-order valence-corrected chi connectivity index (χ0v) is 12.4. The van der Waals surface area contributed by atoms with Crippen molar-refractivity contribution in [2.75, 3.05) is 29.9 Å². The number of halogens is 3. The number of ether oxygens (including phenoxy) is 1. The molecule has 0 aliphatic heterocycles. The molecule has 0 bridgehead atoms. The number of amides is 2. The van der Waals surface area contributed by atoms with E-state index in [2.05, 4.69) is 10.0 Å². The number of anilines is 2. The van der Waals surface area contributed by atoms with E-state index in [0.717, 1.165) is 6.26 Å². The maximum absolute atomic E-state index is 12.0. The van der Waals surface area contributed by atoms with Gasteiger partial charge in [0.25, 0.3) is 0 Å². The molecule has 0 atom stereocenters. The molecule has 124 valence electrons. The molecule has 0 aliphatic rings. The number of sulfonamides is 1. The maximum Gasteiger partial charge on any atom is 0.405 e. The van der Waals surface area contributed by atoms with Crippen molar-refractivity contribution >= 4 is 27.4 Å². The smallest absolute Gasteiger partial charge is 0.405 e. The van der Waals surface area contributed by atoms with Gasteiger partial charge in [-0.15, -0.1) is 0 Å². The molecule has 0 aliphatic carbocycles. The maximum atomic E-state index is 12.0. The van der Waals surface area contributed by atoms with Crippen LogP contribution in [0.2, 0.25) is 0 Å². The lowest BCUT2D eigenvalue weighted by Gasteiger charge is -2.13. The molecule has 0 radical (unpaired) electrons. The number of alkyl halides is 3. The van der Waals surface area contributed by atoms with Crippen molar-refractivity contribution in [3.63, 3.8) is 0 Å². The van der Waals surface area contributed by atoms with Crippen LogP contribution < -0.4 is 20.1 Å². The summed E-state index contributed by atoms with van der Waals surface area (Å²) in [6.07, 6.45) is -3.61. The Hall–Kier alpha value is -2.17. The van der Waals surface area contributed by atoms with Gasteiger partial charge in [-0.25, -0.2) is 13.2 Å². The topological polar surface area (TPSA) is 96.5 Å². The number of hydrogen-bond acceptors (Lipinski definition) is 4. The molecule has 0 heterocycles. The third-order valence-corrected chi connectivity index (χ3v) is 2.79. The van der Waals surface area contributed by atoms with Crippen LogP contribution in [0.15, 0.2) is 18.2 Å². The molecule has 22 heavy (non-hydrogen) atoms. The molecule has 1 rings (SSSR count). The van der Waals surface area contributed by atoms with Gasteiger partial charge in [-0.3, -0.25) is 4.72 Å². The van der Waals surface area contributed by atoms with E-state index in [4.69, 9.17) is 4.74 Å². The fourth-order valence-corrected chi connectivity index (χ4v) is 1.98. The van der Waals surface area contributed by atoms with E-state index < -0.39 is 28.8 Å². The van der Waals surface area contributed by atoms with Gasteiger partial charge >= 0.3 is 12.2 Å². The van der Waals surface area contributed by atoms with Crippen LogP contribution in [0.4, 0.5) is 29.3 Å². The predicted molar refractivity (Wildman–Crippen MR) is 74.5 cm³/mol. The second kappa shape index (κ2) is 6.73. The monoisotopic (exact) mass is 341 g/mol. The zero-order valence-electron chi connectivity index (χ0n) is 11.6. The second-order valence-corrected chi connectivity index (χ2v) is 5.96. The second-order valence-electron chi connectivity index (χ2n) is 4.21. The summed E-state index contributed by atoms with van der Waals surface area (Å²) in [5.41, 5.74) is 0.130. The highest BCUT2D eigenvalue weighted by Crippen LogP contribution is 2.28. The van der Waals surface area contributed by atoms with Crippen molar-refractivity contribution in [2.45, 2.75) is 6.18 Å². The van der Waals surface area contributed by atoms with E-state index in [-0.39, 0.29) is 17.1 Å². The molecule has 1 aromatic carbocycles. The van der Waals surface area contributed by atoms with Crippen molar-refractivity contribution in [3.05, 3.63) is 18.2 Å². The Labute approximate surface area is 124 Å². The average molecular weight is 341 g/mol. The standard InChI is InChI=1S/C11H14F3N3O4S/c1-21-9-4-3-7(5-8(9)17-22(2,19)20)16-10(18)15-6-11(12,13)14/h3-5,17H,6H2,1-2H3,(H2,15,16,18). The quantitative estimate of drug-likeness (QED) is 0.760. The van der Waals surface area contributed by atoms with E-state index in [0.29, 0.717) is 0 Å². The van der Waals surface area contributed by atoms with Gasteiger partial charge in [-0.2, -0.15) is 13.2 Å². The van der Waals surface area contributed by atoms with Gasteiger partial charge in [-0.1, -0.05) is 0 Å². The molecule has 0 unspecified atom stereocenters. The summed E-state index contributed by atoms with van der Waals surface area (Å²) in [6.45, 7) is -1.48. The van der Waals surface area contributed by atoms with Gasteiger partial charge < -0.3 is 15.4 Å². The summed E-state index contributed by atoms with van der Waals surface area (Å²) in [5, 5.41) is 3.77. The van der Waals surface area contributed by atoms with Crippen molar-refractivity contribution in [3.8, 4) is 5.75 Å². The van der Waals surface area contributed by atoms with Crippen molar-refractivity contribution < 1.29 is 31.1 Å². The number of carbonyl (C=O) groups is 1. The summed E-state index contributed by atoms with van der Waals surface area (Å²) < 4.78 is 65.5. The van der Waals surface area contributed by atoms with Crippen LogP contribution in [0, 0.1) is 0 Å². The molecular weight excluding hydrogens is 327 g/mol. The summed E-state index contributed by atoms with van der Waals surface area (Å²) in [7, 11) is -2.28. The molecule has 0 fully saturated rings. The first-order valence-electron chi connectivity index (χ1n) is 5.77. The SMILES string of the molecule is COc1ccc(NC(=O)NCC(F)(F)F)cc1NS(C)(=O)=O. The first-order valence-corrected chi connectivity index (χ1v) is 7.67. The third-order valence-electron chi connectivity index (χ3n) is 2.20. The van der Waals surface area contributed by atoms with Crippen molar-refractivity contribution in [1.29, 1.82) is 0 Å². The largest absolute Gasteiger partial charge is 0.495 e. The highest BCUT2D eigenvalue weighted by Gasteiger charge is 2.27. The minimum Gasteiger partial charge on any atom is -0.495 e. The fraction of sp³-hybridized carbons (Fsp3) is 0.364. The average Bonchev–Trinajstić information content (AvgIpc) is 2.34. The Morgan fingerprint density at radius 2 is 1.95 bits per heavy atom. The highest BCUT2D eigenvalue weighted by molar-refractivity contribution is 7.92. The van der Waals surface area contributed by atoms with Crippen LogP contribution in [-0.2, 0) is 10.0 Å². The number of nitrogens with one attached hydrogen (secondary N) is 3. The number of rotatable bonds is 5. The van der Waals surface area contributed by atoms with Gasteiger partial charge in [0.15, 0.2) is 0 Å². The van der Waals surface area contributed by atoms with Gasteiger partial charge in [0.2, 0.25) is 10.0 Å². The van der Waals surface area contributed by atoms with E-state index in [9.17, 15) is 26.4 Å². The summed E-state index contributed by atoms with van der Waals surface area (Å²) in [6, 6.07) is 2.84. The number of urea groups is 1. The van der Waals surface area contributed by atoms with Crippen LogP contribution in [-0.4, -0.2) is 40.5 Å². The predicted octanol–water partition coefficient (Wildman–Crippen LogP) is 1.75. The Morgan fingerprint density at radius 1 is 1.32 bits per heavy atom. The molecule has 0 saturated carbocycles. The summed E-state index contributed by atoms with van der Waals surface area (Å²) in [5.74, 6) is 0.187. The van der Waals surface area contributed by atoms with E-state index in [1.165, 1.54) is 25.3 Å². The number of benzene rings is 1. The van der Waals surface area contributed by atoms with Crippen LogP contribution in [0.25, 0.3) is 0 Å². The molecule has 3 N–H and O–H groups in total. The van der Waals surface area contributed by atoms with E-state index >= 15 is 0 Å². The lowest BCUT2D eigenvalue weighted by atomic mass is 10.2. The van der Waals surface area contributed by atoms with Gasteiger partial charge in [0.05, 0.1) is 19.1 Å². The summed E-state index contributed by atoms with van der Waals surface area (Å²) in [4.78, 5) is 11.3. The van der Waals surface area contributed by atoms with E-state index in [1.807, 2.05) is 0 Å².